The van der Waals surface area contributed by atoms with Crippen LogP contribution in [0.4, 0.5) is 0 Å². The second-order valence-electron chi connectivity index (χ2n) is 4.31. The van der Waals surface area contributed by atoms with Gasteiger partial charge in [-0.2, -0.15) is 0 Å². The van der Waals surface area contributed by atoms with Crippen molar-refractivity contribution in [1.82, 2.24) is 10.3 Å². The van der Waals surface area contributed by atoms with E-state index in [4.69, 9.17) is 16.7 Å². The van der Waals surface area contributed by atoms with E-state index in [1.165, 1.54) is 6.07 Å². The lowest BCUT2D eigenvalue weighted by molar-refractivity contribution is 0.0695. The SMILES string of the molecule is O=C(NCCc1ccccc1C(=O)O)c1cccc(Cl)n1. The smallest absolute Gasteiger partial charge is 0.335 e. The van der Waals surface area contributed by atoms with Crippen molar-refractivity contribution in [2.75, 3.05) is 6.54 Å². The fraction of sp³-hybridized carbons (Fsp3) is 0.133. The second kappa shape index (κ2) is 6.85. The number of amides is 1. The Balaban J connectivity index is 1.96. The molecular weight excluding hydrogens is 292 g/mol. The Hall–Kier alpha value is -2.40. The number of benzene rings is 1. The van der Waals surface area contributed by atoms with Crippen molar-refractivity contribution < 1.29 is 14.7 Å². The van der Waals surface area contributed by atoms with Crippen LogP contribution in [-0.2, 0) is 6.42 Å². The summed E-state index contributed by atoms with van der Waals surface area (Å²) in [7, 11) is 0. The molecule has 1 heterocycles. The maximum atomic E-state index is 11.9. The van der Waals surface area contributed by atoms with Crippen LogP contribution >= 0.6 is 11.6 Å². The second-order valence-corrected chi connectivity index (χ2v) is 4.70. The molecular formula is C15H13ClN2O3. The summed E-state index contributed by atoms with van der Waals surface area (Å²) < 4.78 is 0. The normalized spacial score (nSPS) is 10.1. The third-order valence-corrected chi connectivity index (χ3v) is 3.09. The van der Waals surface area contributed by atoms with Gasteiger partial charge in [-0.05, 0) is 30.2 Å². The van der Waals surface area contributed by atoms with Gasteiger partial charge in [0.15, 0.2) is 0 Å². The molecule has 1 amide bonds. The number of aromatic nitrogens is 1. The standard InChI is InChI=1S/C15H13ClN2O3/c16-13-7-3-6-12(18-13)14(19)17-9-8-10-4-1-2-5-11(10)15(20)21/h1-7H,8-9H2,(H,17,19)(H,20,21). The number of carboxylic acids is 1. The van der Waals surface area contributed by atoms with Crippen LogP contribution in [-0.4, -0.2) is 28.5 Å². The molecule has 1 aromatic heterocycles. The molecule has 2 aromatic rings. The van der Waals surface area contributed by atoms with Crippen LogP contribution in [0.3, 0.4) is 0 Å². The van der Waals surface area contributed by atoms with E-state index in [9.17, 15) is 9.59 Å². The fourth-order valence-electron chi connectivity index (χ4n) is 1.88. The summed E-state index contributed by atoms with van der Waals surface area (Å²) in [5.41, 5.74) is 1.14. The van der Waals surface area contributed by atoms with Crippen molar-refractivity contribution in [2.45, 2.75) is 6.42 Å². The van der Waals surface area contributed by atoms with Crippen LogP contribution < -0.4 is 5.32 Å². The third kappa shape index (κ3) is 4.03. The monoisotopic (exact) mass is 304 g/mol. The molecule has 2 rings (SSSR count). The molecule has 2 N–H and O–H groups in total. The van der Waals surface area contributed by atoms with Gasteiger partial charge in [-0.1, -0.05) is 35.9 Å². The largest absolute Gasteiger partial charge is 0.478 e. The number of aromatic carboxylic acids is 1. The molecule has 0 atom stereocenters. The van der Waals surface area contributed by atoms with E-state index in [1.807, 2.05) is 0 Å². The van der Waals surface area contributed by atoms with Crippen molar-refractivity contribution in [3.63, 3.8) is 0 Å². The first-order valence-electron chi connectivity index (χ1n) is 6.30. The van der Waals surface area contributed by atoms with Gasteiger partial charge in [0, 0.05) is 6.54 Å². The first kappa shape index (κ1) is 15.0. The molecule has 1 aromatic carbocycles. The summed E-state index contributed by atoms with van der Waals surface area (Å²) >= 11 is 5.72. The van der Waals surface area contributed by atoms with Gasteiger partial charge in [-0.3, -0.25) is 4.79 Å². The van der Waals surface area contributed by atoms with Gasteiger partial charge in [0.05, 0.1) is 5.56 Å². The van der Waals surface area contributed by atoms with E-state index in [-0.39, 0.29) is 22.3 Å². The van der Waals surface area contributed by atoms with Gasteiger partial charge in [-0.25, -0.2) is 9.78 Å². The molecule has 5 nitrogen and oxygen atoms in total. The average molecular weight is 305 g/mol. The molecule has 0 unspecified atom stereocenters. The molecule has 21 heavy (non-hydrogen) atoms. The van der Waals surface area contributed by atoms with Crippen molar-refractivity contribution in [3.05, 3.63) is 64.4 Å². The molecule has 0 spiro atoms. The molecule has 0 aliphatic heterocycles. The van der Waals surface area contributed by atoms with Crippen molar-refractivity contribution >= 4 is 23.5 Å². The maximum Gasteiger partial charge on any atom is 0.335 e. The minimum absolute atomic E-state index is 0.231. The summed E-state index contributed by atoms with van der Waals surface area (Å²) in [4.78, 5) is 26.8. The van der Waals surface area contributed by atoms with Gasteiger partial charge < -0.3 is 10.4 Å². The van der Waals surface area contributed by atoms with E-state index in [0.29, 0.717) is 18.5 Å². The number of pyridine rings is 1. The van der Waals surface area contributed by atoms with Crippen molar-refractivity contribution in [1.29, 1.82) is 0 Å². The molecule has 0 aliphatic rings. The van der Waals surface area contributed by atoms with Crippen LogP contribution in [0, 0.1) is 0 Å². The fourth-order valence-corrected chi connectivity index (χ4v) is 2.05. The van der Waals surface area contributed by atoms with E-state index >= 15 is 0 Å². The molecule has 0 bridgehead atoms. The molecule has 0 saturated carbocycles. The van der Waals surface area contributed by atoms with Crippen LogP contribution in [0.2, 0.25) is 5.15 Å². The number of hydrogen-bond acceptors (Lipinski definition) is 3. The minimum Gasteiger partial charge on any atom is -0.478 e. The molecule has 0 saturated heterocycles. The van der Waals surface area contributed by atoms with E-state index in [2.05, 4.69) is 10.3 Å². The van der Waals surface area contributed by atoms with Crippen LogP contribution in [0.15, 0.2) is 42.5 Å². The van der Waals surface area contributed by atoms with Crippen molar-refractivity contribution in [2.24, 2.45) is 0 Å². The summed E-state index contributed by atoms with van der Waals surface area (Å²) in [6, 6.07) is 11.5. The van der Waals surface area contributed by atoms with Crippen LogP contribution in [0.25, 0.3) is 0 Å². The Labute approximate surface area is 126 Å². The molecule has 0 aliphatic carbocycles. The highest BCUT2D eigenvalue weighted by Gasteiger charge is 2.10. The minimum atomic E-state index is -0.978. The highest BCUT2D eigenvalue weighted by molar-refractivity contribution is 6.29. The number of nitrogens with zero attached hydrogens (tertiary/aromatic N) is 1. The molecule has 6 heteroatoms. The highest BCUT2D eigenvalue weighted by atomic mass is 35.5. The zero-order chi connectivity index (χ0) is 15.2. The molecule has 108 valence electrons. The maximum absolute atomic E-state index is 11.9. The first-order chi connectivity index (χ1) is 10.1. The Morgan fingerprint density at radius 1 is 1.14 bits per heavy atom. The van der Waals surface area contributed by atoms with Gasteiger partial charge in [0.2, 0.25) is 0 Å². The summed E-state index contributed by atoms with van der Waals surface area (Å²) in [5.74, 6) is -1.32. The Kier molecular flexibility index (Phi) is 4.90. The van der Waals surface area contributed by atoms with Gasteiger partial charge >= 0.3 is 5.97 Å². The zero-order valence-electron chi connectivity index (χ0n) is 11.0. The Morgan fingerprint density at radius 3 is 2.62 bits per heavy atom. The summed E-state index contributed by atoms with van der Waals surface area (Å²) in [5, 5.41) is 12.0. The Morgan fingerprint density at radius 2 is 1.90 bits per heavy atom. The van der Waals surface area contributed by atoms with E-state index < -0.39 is 5.97 Å². The third-order valence-electron chi connectivity index (χ3n) is 2.88. The molecule has 0 fully saturated rings. The highest BCUT2D eigenvalue weighted by Crippen LogP contribution is 2.09. The lowest BCUT2D eigenvalue weighted by atomic mass is 10.0. The van der Waals surface area contributed by atoms with E-state index in [0.717, 1.165) is 0 Å². The van der Waals surface area contributed by atoms with Crippen LogP contribution in [0.1, 0.15) is 26.4 Å². The zero-order valence-corrected chi connectivity index (χ0v) is 11.8. The number of rotatable bonds is 5. The summed E-state index contributed by atoms with van der Waals surface area (Å²) in [6.07, 6.45) is 0.425. The Bertz CT molecular complexity index is 673. The van der Waals surface area contributed by atoms with Crippen LogP contribution in [0.5, 0.6) is 0 Å². The number of nitrogens with one attached hydrogen (secondary N) is 1. The molecule has 0 radical (unpaired) electrons. The van der Waals surface area contributed by atoms with Crippen molar-refractivity contribution in [3.8, 4) is 0 Å². The van der Waals surface area contributed by atoms with E-state index in [1.54, 1.807) is 36.4 Å². The van der Waals surface area contributed by atoms with Gasteiger partial charge in [0.1, 0.15) is 10.8 Å². The number of carboxylic acid groups (broad SMARTS) is 1. The predicted octanol–water partition coefficient (Wildman–Crippen LogP) is 2.41. The first-order valence-corrected chi connectivity index (χ1v) is 6.67. The summed E-state index contributed by atoms with van der Waals surface area (Å²) in [6.45, 7) is 0.317. The number of halogens is 1. The number of carbonyl (C=O) groups is 2. The topological polar surface area (TPSA) is 79.3 Å². The van der Waals surface area contributed by atoms with Gasteiger partial charge in [-0.15, -0.1) is 0 Å². The van der Waals surface area contributed by atoms with Gasteiger partial charge in [0.25, 0.3) is 5.91 Å². The lowest BCUT2D eigenvalue weighted by Gasteiger charge is -2.07. The average Bonchev–Trinajstić information content (AvgIpc) is 2.47. The predicted molar refractivity (Wildman–Crippen MR) is 78.7 cm³/mol. The number of carbonyl (C=O) groups excluding carboxylic acids is 1. The number of hydrogen-bond donors (Lipinski definition) is 2. The quantitative estimate of drug-likeness (QED) is 0.831. The lowest BCUT2D eigenvalue weighted by Crippen LogP contribution is -2.26.